The summed E-state index contributed by atoms with van der Waals surface area (Å²) in [6, 6.07) is 6.55. The molecule has 1 fully saturated rings. The number of piperidine rings is 1. The Morgan fingerprint density at radius 1 is 1.28 bits per heavy atom. The molecule has 2 unspecified atom stereocenters. The average Bonchev–Trinajstić information content (AvgIpc) is 2.32. The number of aryl methyl sites for hydroxylation is 1. The summed E-state index contributed by atoms with van der Waals surface area (Å²) in [6.45, 7) is 6.32. The number of hydrogen-bond donors (Lipinski definition) is 0. The molecule has 0 spiro atoms. The van der Waals surface area contributed by atoms with Crippen LogP contribution in [0.15, 0.2) is 22.7 Å². The smallest absolute Gasteiger partial charge is 0.254 e. The Hall–Kier alpha value is -0.830. The Balaban J connectivity index is 2.26. The maximum atomic E-state index is 12.6. The molecule has 0 bridgehead atoms. The molecule has 18 heavy (non-hydrogen) atoms. The van der Waals surface area contributed by atoms with Gasteiger partial charge in [0, 0.05) is 22.1 Å². The van der Waals surface area contributed by atoms with E-state index in [4.69, 9.17) is 0 Å². The lowest BCUT2D eigenvalue weighted by atomic mass is 9.96. The summed E-state index contributed by atoms with van der Waals surface area (Å²) in [4.78, 5) is 14.6. The molecule has 1 aliphatic rings. The first kappa shape index (κ1) is 13.6. The number of carbonyl (C=O) groups is 1. The number of nitrogens with zero attached hydrogens (tertiary/aromatic N) is 1. The van der Waals surface area contributed by atoms with E-state index in [0.29, 0.717) is 12.1 Å². The fraction of sp³-hybridized carbons (Fsp3) is 0.533. The molecule has 98 valence electrons. The van der Waals surface area contributed by atoms with E-state index in [1.165, 1.54) is 6.42 Å². The van der Waals surface area contributed by atoms with Gasteiger partial charge in [-0.05, 0) is 63.8 Å². The molecular weight excluding hydrogens is 290 g/mol. The molecule has 0 saturated carbocycles. The number of rotatable bonds is 1. The lowest BCUT2D eigenvalue weighted by molar-refractivity contribution is 0.0510. The van der Waals surface area contributed by atoms with Crippen molar-refractivity contribution in [1.82, 2.24) is 4.90 Å². The second kappa shape index (κ2) is 5.43. The molecule has 0 radical (unpaired) electrons. The zero-order chi connectivity index (χ0) is 13.3. The molecule has 1 heterocycles. The van der Waals surface area contributed by atoms with Crippen molar-refractivity contribution >= 4 is 21.8 Å². The van der Waals surface area contributed by atoms with Crippen molar-refractivity contribution in [2.45, 2.75) is 52.1 Å². The molecular formula is C15H20BrNO. The van der Waals surface area contributed by atoms with Crippen LogP contribution in [0.2, 0.25) is 0 Å². The van der Waals surface area contributed by atoms with E-state index in [2.05, 4.69) is 29.8 Å². The van der Waals surface area contributed by atoms with E-state index < -0.39 is 0 Å². The third-order valence-corrected chi connectivity index (χ3v) is 4.72. The van der Waals surface area contributed by atoms with E-state index in [9.17, 15) is 4.79 Å². The van der Waals surface area contributed by atoms with Gasteiger partial charge in [0.05, 0.1) is 0 Å². The molecule has 2 atom stereocenters. The van der Waals surface area contributed by atoms with Crippen molar-refractivity contribution in [2.75, 3.05) is 0 Å². The number of amides is 1. The number of halogens is 1. The summed E-state index contributed by atoms with van der Waals surface area (Å²) in [5.41, 5.74) is 1.91. The van der Waals surface area contributed by atoms with Gasteiger partial charge in [-0.2, -0.15) is 0 Å². The molecule has 1 aromatic rings. The van der Waals surface area contributed by atoms with E-state index in [0.717, 1.165) is 28.4 Å². The van der Waals surface area contributed by atoms with Crippen molar-refractivity contribution < 1.29 is 4.79 Å². The van der Waals surface area contributed by atoms with Gasteiger partial charge in [0.1, 0.15) is 0 Å². The van der Waals surface area contributed by atoms with Gasteiger partial charge in [0.25, 0.3) is 5.91 Å². The van der Waals surface area contributed by atoms with Crippen molar-refractivity contribution in [3.05, 3.63) is 33.8 Å². The summed E-state index contributed by atoms with van der Waals surface area (Å²) >= 11 is 3.47. The number of carbonyl (C=O) groups excluding carboxylic acids is 1. The van der Waals surface area contributed by atoms with E-state index in [1.54, 1.807) is 0 Å². The molecule has 1 aliphatic heterocycles. The van der Waals surface area contributed by atoms with Crippen molar-refractivity contribution in [3.63, 3.8) is 0 Å². The minimum atomic E-state index is 0.172. The van der Waals surface area contributed by atoms with Crippen molar-refractivity contribution in [3.8, 4) is 0 Å². The Bertz CT molecular complexity index is 448. The lowest BCUT2D eigenvalue weighted by Gasteiger charge is -2.39. The molecule has 1 aromatic carbocycles. The van der Waals surface area contributed by atoms with Gasteiger partial charge in [0.15, 0.2) is 0 Å². The third kappa shape index (κ3) is 2.61. The number of hydrogen-bond acceptors (Lipinski definition) is 1. The first-order valence-electron chi connectivity index (χ1n) is 6.59. The zero-order valence-corrected chi connectivity index (χ0v) is 12.8. The molecule has 1 amide bonds. The van der Waals surface area contributed by atoms with Crippen LogP contribution in [-0.4, -0.2) is 22.9 Å². The van der Waals surface area contributed by atoms with Crippen LogP contribution < -0.4 is 0 Å². The molecule has 0 N–H and O–H groups in total. The minimum Gasteiger partial charge on any atom is -0.333 e. The summed E-state index contributed by atoms with van der Waals surface area (Å²) in [7, 11) is 0. The predicted octanol–water partition coefficient (Wildman–Crippen LogP) is 4.16. The fourth-order valence-electron chi connectivity index (χ4n) is 2.75. The largest absolute Gasteiger partial charge is 0.333 e. The second-order valence-corrected chi connectivity index (χ2v) is 6.16. The van der Waals surface area contributed by atoms with Gasteiger partial charge >= 0.3 is 0 Å². The monoisotopic (exact) mass is 309 g/mol. The van der Waals surface area contributed by atoms with E-state index in [1.807, 2.05) is 30.0 Å². The van der Waals surface area contributed by atoms with Crippen LogP contribution in [0.4, 0.5) is 0 Å². The first-order valence-corrected chi connectivity index (χ1v) is 7.39. The molecule has 2 rings (SSSR count). The number of benzene rings is 1. The quantitative estimate of drug-likeness (QED) is 0.762. The fourth-order valence-corrected chi connectivity index (χ4v) is 3.00. The predicted molar refractivity (Wildman–Crippen MR) is 77.8 cm³/mol. The van der Waals surface area contributed by atoms with Crippen LogP contribution >= 0.6 is 15.9 Å². The summed E-state index contributed by atoms with van der Waals surface area (Å²) in [5.74, 6) is 0.172. The lowest BCUT2D eigenvalue weighted by Crippen LogP contribution is -2.47. The standard InChI is InChI=1S/C15H20BrNO/c1-10-9-13(7-8-14(10)16)15(18)17-11(2)5-4-6-12(17)3/h7-9,11-12H,4-6H2,1-3H3. The minimum absolute atomic E-state index is 0.172. The second-order valence-electron chi connectivity index (χ2n) is 5.31. The third-order valence-electron chi connectivity index (χ3n) is 3.83. The van der Waals surface area contributed by atoms with Crippen LogP contribution in [-0.2, 0) is 0 Å². The zero-order valence-electron chi connectivity index (χ0n) is 11.2. The van der Waals surface area contributed by atoms with Gasteiger partial charge in [-0.25, -0.2) is 0 Å². The highest BCUT2D eigenvalue weighted by Gasteiger charge is 2.29. The van der Waals surface area contributed by atoms with E-state index >= 15 is 0 Å². The van der Waals surface area contributed by atoms with Crippen LogP contribution in [0.1, 0.15) is 49.0 Å². The maximum Gasteiger partial charge on any atom is 0.254 e. The highest BCUT2D eigenvalue weighted by Crippen LogP contribution is 2.26. The molecule has 0 aliphatic carbocycles. The highest BCUT2D eigenvalue weighted by atomic mass is 79.9. The van der Waals surface area contributed by atoms with Gasteiger partial charge in [-0.15, -0.1) is 0 Å². The molecule has 3 heteroatoms. The Labute approximate surface area is 117 Å². The number of likely N-dealkylation sites (tertiary alicyclic amines) is 1. The Kier molecular flexibility index (Phi) is 4.10. The van der Waals surface area contributed by atoms with Crippen LogP contribution in [0.25, 0.3) is 0 Å². The maximum absolute atomic E-state index is 12.6. The van der Waals surface area contributed by atoms with Crippen molar-refractivity contribution in [1.29, 1.82) is 0 Å². The normalized spacial score (nSPS) is 24.1. The molecule has 2 nitrogen and oxygen atoms in total. The first-order chi connectivity index (χ1) is 8.50. The summed E-state index contributed by atoms with van der Waals surface area (Å²) in [5, 5.41) is 0. The van der Waals surface area contributed by atoms with Gasteiger partial charge in [0.2, 0.25) is 0 Å². The van der Waals surface area contributed by atoms with Crippen LogP contribution in [0.3, 0.4) is 0 Å². The Morgan fingerprint density at radius 2 is 1.89 bits per heavy atom. The average molecular weight is 310 g/mol. The van der Waals surface area contributed by atoms with Gasteiger partial charge < -0.3 is 4.90 Å². The molecule has 1 saturated heterocycles. The van der Waals surface area contributed by atoms with Crippen LogP contribution in [0.5, 0.6) is 0 Å². The van der Waals surface area contributed by atoms with E-state index in [-0.39, 0.29) is 5.91 Å². The van der Waals surface area contributed by atoms with Crippen molar-refractivity contribution in [2.24, 2.45) is 0 Å². The van der Waals surface area contributed by atoms with Crippen LogP contribution in [0, 0.1) is 6.92 Å². The van der Waals surface area contributed by atoms with Gasteiger partial charge in [-0.3, -0.25) is 4.79 Å². The highest BCUT2D eigenvalue weighted by molar-refractivity contribution is 9.10. The Morgan fingerprint density at radius 3 is 2.44 bits per heavy atom. The SMILES string of the molecule is Cc1cc(C(=O)N2C(C)CCCC2C)ccc1Br. The summed E-state index contributed by atoms with van der Waals surface area (Å²) < 4.78 is 1.05. The molecule has 0 aromatic heterocycles. The topological polar surface area (TPSA) is 20.3 Å². The summed E-state index contributed by atoms with van der Waals surface area (Å²) in [6.07, 6.45) is 3.46. The van der Waals surface area contributed by atoms with Gasteiger partial charge in [-0.1, -0.05) is 15.9 Å².